The molecule has 0 fully saturated rings. The van der Waals surface area contributed by atoms with Crippen LogP contribution in [0.3, 0.4) is 0 Å². The molecule has 20 heavy (non-hydrogen) atoms. The van der Waals surface area contributed by atoms with Crippen LogP contribution in [0.15, 0.2) is 36.4 Å². The van der Waals surface area contributed by atoms with Gasteiger partial charge in [-0.1, -0.05) is 35.3 Å². The highest BCUT2D eigenvalue weighted by Gasteiger charge is 2.15. The van der Waals surface area contributed by atoms with Crippen molar-refractivity contribution < 1.29 is 0 Å². The van der Waals surface area contributed by atoms with Gasteiger partial charge in [0, 0.05) is 3.57 Å². The van der Waals surface area contributed by atoms with Gasteiger partial charge in [0.2, 0.25) is 0 Å². The molecule has 0 aliphatic rings. The summed E-state index contributed by atoms with van der Waals surface area (Å²) in [6.45, 7) is 0. The molecule has 0 unspecified atom stereocenters. The maximum Gasteiger partial charge on any atom is 0.129 e. The molecule has 0 atom stereocenters. The summed E-state index contributed by atoms with van der Waals surface area (Å²) in [6.07, 6.45) is 0. The average molecular weight is 437 g/mol. The first-order valence-corrected chi connectivity index (χ1v) is 8.16. The van der Waals surface area contributed by atoms with Gasteiger partial charge in [0.1, 0.15) is 5.82 Å². The highest BCUT2D eigenvalue weighted by atomic mass is 127. The number of alkyl halides is 1. The number of imidazole rings is 1. The fraction of sp³-hybridized carbons (Fsp3) is 0.0714. The van der Waals surface area contributed by atoms with E-state index in [4.69, 9.17) is 34.8 Å². The van der Waals surface area contributed by atoms with Crippen molar-refractivity contribution in [1.29, 1.82) is 0 Å². The van der Waals surface area contributed by atoms with Crippen molar-refractivity contribution in [3.63, 3.8) is 0 Å². The van der Waals surface area contributed by atoms with Crippen LogP contribution < -0.4 is 0 Å². The van der Waals surface area contributed by atoms with Gasteiger partial charge in [-0.2, -0.15) is 0 Å². The first-order valence-electron chi connectivity index (χ1n) is 5.79. The van der Waals surface area contributed by atoms with E-state index in [2.05, 4.69) is 27.6 Å². The molecule has 0 saturated carbocycles. The second-order valence-corrected chi connectivity index (χ2v) is 6.45. The lowest BCUT2D eigenvalue weighted by Gasteiger charge is -2.10. The molecule has 2 aromatic carbocycles. The van der Waals surface area contributed by atoms with Crippen molar-refractivity contribution in [1.82, 2.24) is 9.55 Å². The number of fused-ring (bicyclic) bond motifs is 1. The monoisotopic (exact) mass is 436 g/mol. The Kier molecular flexibility index (Phi) is 4.13. The first kappa shape index (κ1) is 14.4. The number of nitrogens with zero attached hydrogens (tertiary/aromatic N) is 2. The van der Waals surface area contributed by atoms with Crippen molar-refractivity contribution in [2.45, 2.75) is 5.88 Å². The van der Waals surface area contributed by atoms with Gasteiger partial charge in [0.05, 0.1) is 32.6 Å². The van der Waals surface area contributed by atoms with E-state index in [-0.39, 0.29) is 0 Å². The molecule has 102 valence electrons. The molecule has 0 N–H and O–H groups in total. The van der Waals surface area contributed by atoms with Gasteiger partial charge in [-0.05, 0) is 46.9 Å². The fourth-order valence-corrected chi connectivity index (χ4v) is 3.24. The van der Waals surface area contributed by atoms with Crippen molar-refractivity contribution in [3.05, 3.63) is 55.8 Å². The number of hydrogen-bond donors (Lipinski definition) is 0. The number of para-hydroxylation sites is 1. The van der Waals surface area contributed by atoms with Crippen molar-refractivity contribution in [2.24, 2.45) is 0 Å². The summed E-state index contributed by atoms with van der Waals surface area (Å²) in [7, 11) is 0. The zero-order valence-corrected chi connectivity index (χ0v) is 14.5. The van der Waals surface area contributed by atoms with Gasteiger partial charge in [-0.15, -0.1) is 11.6 Å². The summed E-state index contributed by atoms with van der Waals surface area (Å²) in [5.41, 5.74) is 2.72. The molecule has 3 aromatic rings. The average Bonchev–Trinajstić information content (AvgIpc) is 2.77. The normalized spacial score (nSPS) is 11.2. The van der Waals surface area contributed by atoms with Crippen LogP contribution in [0.5, 0.6) is 0 Å². The number of benzene rings is 2. The second-order valence-electron chi connectivity index (χ2n) is 4.20. The number of aromatic nitrogens is 2. The van der Waals surface area contributed by atoms with Gasteiger partial charge < -0.3 is 0 Å². The molecule has 0 bridgehead atoms. The third-order valence-electron chi connectivity index (χ3n) is 2.98. The molecule has 0 radical (unpaired) electrons. The van der Waals surface area contributed by atoms with Gasteiger partial charge >= 0.3 is 0 Å². The van der Waals surface area contributed by atoms with E-state index in [0.29, 0.717) is 15.9 Å². The fourth-order valence-electron chi connectivity index (χ4n) is 2.11. The van der Waals surface area contributed by atoms with E-state index < -0.39 is 0 Å². The summed E-state index contributed by atoms with van der Waals surface area (Å²) in [5, 5.41) is 1.00. The number of hydrogen-bond acceptors (Lipinski definition) is 1. The third kappa shape index (κ3) is 2.41. The predicted octanol–water partition coefficient (Wildman–Crippen LogP) is 5.68. The van der Waals surface area contributed by atoms with Crippen molar-refractivity contribution in [2.75, 3.05) is 0 Å². The molecule has 2 nitrogen and oxygen atoms in total. The minimum Gasteiger partial charge on any atom is -0.294 e. The maximum atomic E-state index is 6.13. The molecule has 0 saturated heterocycles. The van der Waals surface area contributed by atoms with E-state index >= 15 is 0 Å². The van der Waals surface area contributed by atoms with Gasteiger partial charge in [0.15, 0.2) is 0 Å². The Balaban J connectivity index is 2.39. The molecule has 0 aliphatic heterocycles. The van der Waals surface area contributed by atoms with Crippen LogP contribution in [0, 0.1) is 3.57 Å². The molecule has 6 heteroatoms. The summed E-state index contributed by atoms with van der Waals surface area (Å²) >= 11 is 20.5. The maximum absolute atomic E-state index is 6.13. The highest BCUT2D eigenvalue weighted by Crippen LogP contribution is 2.31. The lowest BCUT2D eigenvalue weighted by molar-refractivity contribution is 0.977. The van der Waals surface area contributed by atoms with Crippen LogP contribution in [0.2, 0.25) is 10.0 Å². The molecule has 0 aliphatic carbocycles. The van der Waals surface area contributed by atoms with E-state index in [9.17, 15) is 0 Å². The van der Waals surface area contributed by atoms with E-state index in [1.54, 1.807) is 6.07 Å². The quantitative estimate of drug-likeness (QED) is 0.373. The Morgan fingerprint density at radius 1 is 1.10 bits per heavy atom. The van der Waals surface area contributed by atoms with Gasteiger partial charge in [-0.25, -0.2) is 4.98 Å². The van der Waals surface area contributed by atoms with Crippen molar-refractivity contribution in [3.8, 4) is 5.69 Å². The molecule has 1 aromatic heterocycles. The molecular weight excluding hydrogens is 429 g/mol. The van der Waals surface area contributed by atoms with Crippen LogP contribution in [0.4, 0.5) is 0 Å². The minimum absolute atomic E-state index is 0.314. The van der Waals surface area contributed by atoms with E-state index in [0.717, 1.165) is 26.1 Å². The predicted molar refractivity (Wildman–Crippen MR) is 93.4 cm³/mol. The number of halogens is 4. The summed E-state index contributed by atoms with van der Waals surface area (Å²) in [4.78, 5) is 4.54. The molecule has 1 heterocycles. The smallest absolute Gasteiger partial charge is 0.129 e. The minimum atomic E-state index is 0.314. The summed E-state index contributed by atoms with van der Waals surface area (Å²) < 4.78 is 3.13. The third-order valence-corrected chi connectivity index (χ3v) is 4.85. The van der Waals surface area contributed by atoms with Crippen LogP contribution in [0.1, 0.15) is 5.82 Å². The largest absolute Gasteiger partial charge is 0.294 e. The lowest BCUT2D eigenvalue weighted by Crippen LogP contribution is -2.01. The van der Waals surface area contributed by atoms with Crippen LogP contribution in [-0.4, -0.2) is 9.55 Å². The summed E-state index contributed by atoms with van der Waals surface area (Å²) in [5.74, 6) is 1.08. The Labute approximate surface area is 144 Å². The molecular formula is C14H8Cl3IN2. The van der Waals surface area contributed by atoms with Crippen LogP contribution >= 0.6 is 57.4 Å². The molecule has 3 rings (SSSR count). The molecule has 0 spiro atoms. The highest BCUT2D eigenvalue weighted by molar-refractivity contribution is 14.1. The van der Waals surface area contributed by atoms with Crippen LogP contribution in [0.25, 0.3) is 16.7 Å². The Hall–Kier alpha value is -0.490. The lowest BCUT2D eigenvalue weighted by atomic mass is 10.2. The summed E-state index contributed by atoms with van der Waals surface area (Å²) in [6, 6.07) is 11.6. The van der Waals surface area contributed by atoms with Gasteiger partial charge in [0.25, 0.3) is 0 Å². The van der Waals surface area contributed by atoms with Crippen molar-refractivity contribution >= 4 is 68.4 Å². The SMILES string of the molecule is ClCc1nc2cc(Cl)c(Cl)cc2n1-c1ccccc1I. The first-order chi connectivity index (χ1) is 9.61. The standard InChI is InChI=1S/C14H8Cl3IN2/c15-7-14-19-11-5-8(16)9(17)6-13(11)20(14)12-4-2-1-3-10(12)18/h1-6H,7H2. The second kappa shape index (κ2) is 5.72. The van der Waals surface area contributed by atoms with Crippen LogP contribution in [-0.2, 0) is 5.88 Å². The van der Waals surface area contributed by atoms with E-state index in [1.807, 2.05) is 34.9 Å². The Morgan fingerprint density at radius 3 is 2.50 bits per heavy atom. The zero-order chi connectivity index (χ0) is 14.3. The van der Waals surface area contributed by atoms with E-state index in [1.165, 1.54) is 0 Å². The van der Waals surface area contributed by atoms with Gasteiger partial charge in [-0.3, -0.25) is 4.57 Å². The Morgan fingerprint density at radius 2 is 1.80 bits per heavy atom. The molecule has 0 amide bonds. The Bertz CT molecular complexity index is 798. The number of rotatable bonds is 2. The topological polar surface area (TPSA) is 17.8 Å². The zero-order valence-electron chi connectivity index (χ0n) is 10.1.